The van der Waals surface area contributed by atoms with Crippen molar-refractivity contribution in [1.82, 2.24) is 0 Å². The van der Waals surface area contributed by atoms with E-state index in [0.29, 0.717) is 0 Å². The number of nitro benzene ring substituents is 1. The summed E-state index contributed by atoms with van der Waals surface area (Å²) in [6.45, 7) is 8.19. The molecular formula is C20H21ClN2O7S. The van der Waals surface area contributed by atoms with E-state index >= 15 is 0 Å². The van der Waals surface area contributed by atoms with E-state index in [2.05, 4.69) is 5.32 Å². The molecule has 9 nitrogen and oxygen atoms in total. The molecule has 31 heavy (non-hydrogen) atoms. The minimum Gasteiger partial charge on any atom is -0.459 e. The molecule has 1 amide bonds. The van der Waals surface area contributed by atoms with Gasteiger partial charge in [0.2, 0.25) is 0 Å². The largest absolute Gasteiger partial charge is 0.459 e. The molecule has 2 aromatic rings. The fourth-order valence-electron chi connectivity index (χ4n) is 2.60. The molecule has 11 heteroatoms. The van der Waals surface area contributed by atoms with Crippen LogP contribution in [0.25, 0.3) is 0 Å². The number of hydrogen-bond donors (Lipinski definition) is 1. The Morgan fingerprint density at radius 2 is 1.68 bits per heavy atom. The standard InChI is InChI=1S/C20H21ClN2O7S/c1-9(2)29-19(25)15-11(5)16(20(26)30-10(3)4)31-18(15)22-17(24)13-8-12(21)6-7-14(13)23(27)28/h6-10H,1-5H3,(H,22,24). The van der Waals surface area contributed by atoms with Gasteiger partial charge in [0, 0.05) is 11.1 Å². The Hall–Kier alpha value is -2.98. The average Bonchev–Trinajstić information content (AvgIpc) is 2.96. The van der Waals surface area contributed by atoms with Crippen molar-refractivity contribution in [2.45, 2.75) is 46.8 Å². The summed E-state index contributed by atoms with van der Waals surface area (Å²) in [6, 6.07) is 3.54. The van der Waals surface area contributed by atoms with E-state index in [-0.39, 0.29) is 31.6 Å². The van der Waals surface area contributed by atoms with Crippen LogP contribution in [0.2, 0.25) is 5.02 Å². The number of carbonyl (C=O) groups is 3. The molecule has 0 fully saturated rings. The van der Waals surface area contributed by atoms with Crippen LogP contribution in [-0.2, 0) is 9.47 Å². The van der Waals surface area contributed by atoms with Gasteiger partial charge in [-0.15, -0.1) is 11.3 Å². The summed E-state index contributed by atoms with van der Waals surface area (Å²) < 4.78 is 10.4. The minimum absolute atomic E-state index is 0.0122. The maximum absolute atomic E-state index is 12.8. The van der Waals surface area contributed by atoms with Crippen LogP contribution in [-0.4, -0.2) is 35.0 Å². The van der Waals surface area contributed by atoms with Crippen LogP contribution in [0.1, 0.15) is 63.6 Å². The second-order valence-corrected chi connectivity index (χ2v) is 8.50. The van der Waals surface area contributed by atoms with E-state index in [9.17, 15) is 24.5 Å². The van der Waals surface area contributed by atoms with Crippen LogP contribution in [0.4, 0.5) is 10.7 Å². The number of halogens is 1. The molecular weight excluding hydrogens is 448 g/mol. The minimum atomic E-state index is -0.863. The van der Waals surface area contributed by atoms with Crippen LogP contribution in [0.3, 0.4) is 0 Å². The third kappa shape index (κ3) is 5.80. The predicted molar refractivity (Wildman–Crippen MR) is 116 cm³/mol. The van der Waals surface area contributed by atoms with Crippen molar-refractivity contribution in [2.75, 3.05) is 5.32 Å². The lowest BCUT2D eigenvalue weighted by molar-refractivity contribution is -0.385. The number of benzene rings is 1. The molecule has 166 valence electrons. The van der Waals surface area contributed by atoms with Crippen molar-refractivity contribution < 1.29 is 28.8 Å². The van der Waals surface area contributed by atoms with E-state index in [1.54, 1.807) is 27.7 Å². The molecule has 1 aromatic heterocycles. The molecule has 0 saturated heterocycles. The van der Waals surface area contributed by atoms with Crippen LogP contribution in [0, 0.1) is 17.0 Å². The number of ether oxygens (including phenoxy) is 2. The van der Waals surface area contributed by atoms with Crippen molar-refractivity contribution in [1.29, 1.82) is 0 Å². The molecule has 0 radical (unpaired) electrons. The number of nitrogens with zero attached hydrogens (tertiary/aromatic N) is 1. The summed E-state index contributed by atoms with van der Waals surface area (Å²) in [5.41, 5.74) is -0.497. The van der Waals surface area contributed by atoms with Crippen molar-refractivity contribution in [2.24, 2.45) is 0 Å². The van der Waals surface area contributed by atoms with Crippen LogP contribution >= 0.6 is 22.9 Å². The van der Waals surface area contributed by atoms with Gasteiger partial charge in [-0.25, -0.2) is 9.59 Å². The number of thiophene rings is 1. The Bertz CT molecular complexity index is 1050. The molecule has 0 aliphatic carbocycles. The van der Waals surface area contributed by atoms with Gasteiger partial charge in [0.15, 0.2) is 0 Å². The highest BCUT2D eigenvalue weighted by Crippen LogP contribution is 2.35. The molecule has 0 unspecified atom stereocenters. The molecule has 2 rings (SSSR count). The summed E-state index contributed by atoms with van der Waals surface area (Å²) in [5, 5.41) is 13.9. The van der Waals surface area contributed by atoms with Crippen molar-refractivity contribution in [3.63, 3.8) is 0 Å². The normalized spacial score (nSPS) is 10.8. The first-order valence-corrected chi connectivity index (χ1v) is 10.4. The van der Waals surface area contributed by atoms with Crippen LogP contribution < -0.4 is 5.32 Å². The number of anilines is 1. The van der Waals surface area contributed by atoms with E-state index in [1.807, 2.05) is 0 Å². The summed E-state index contributed by atoms with van der Waals surface area (Å²) in [7, 11) is 0. The van der Waals surface area contributed by atoms with Crippen LogP contribution in [0.15, 0.2) is 18.2 Å². The lowest BCUT2D eigenvalue weighted by atomic mass is 10.1. The third-order valence-corrected chi connectivity index (χ3v) is 5.27. The molecule has 0 saturated carbocycles. The highest BCUT2D eigenvalue weighted by molar-refractivity contribution is 7.18. The first-order valence-electron chi connectivity index (χ1n) is 9.23. The third-order valence-electron chi connectivity index (χ3n) is 3.85. The average molecular weight is 469 g/mol. The summed E-state index contributed by atoms with van der Waals surface area (Å²) >= 11 is 6.71. The molecule has 0 aliphatic heterocycles. The van der Waals surface area contributed by atoms with E-state index in [4.69, 9.17) is 21.1 Å². The Labute approximate surface area is 187 Å². The highest BCUT2D eigenvalue weighted by Gasteiger charge is 2.30. The summed E-state index contributed by atoms with van der Waals surface area (Å²) in [6.07, 6.45) is -0.845. The topological polar surface area (TPSA) is 125 Å². The fourth-order valence-corrected chi connectivity index (χ4v) is 3.85. The zero-order chi connectivity index (χ0) is 23.5. The van der Waals surface area contributed by atoms with E-state index < -0.39 is 40.7 Å². The number of amides is 1. The monoisotopic (exact) mass is 468 g/mol. The molecule has 0 atom stereocenters. The molecule has 1 aromatic carbocycles. The second-order valence-electron chi connectivity index (χ2n) is 7.04. The van der Waals surface area contributed by atoms with Gasteiger partial charge >= 0.3 is 11.9 Å². The SMILES string of the molecule is Cc1c(C(=O)OC(C)C)sc(NC(=O)c2cc(Cl)ccc2[N+](=O)[O-])c1C(=O)OC(C)C. The van der Waals surface area contributed by atoms with Gasteiger partial charge in [-0.3, -0.25) is 14.9 Å². The number of rotatable bonds is 7. The lowest BCUT2D eigenvalue weighted by Crippen LogP contribution is -2.18. The number of hydrogen-bond acceptors (Lipinski definition) is 8. The zero-order valence-corrected chi connectivity index (χ0v) is 19.1. The van der Waals surface area contributed by atoms with Gasteiger partial charge in [-0.1, -0.05) is 11.6 Å². The Balaban J connectivity index is 2.53. The summed E-state index contributed by atoms with van der Waals surface area (Å²) in [4.78, 5) is 48.6. The summed E-state index contributed by atoms with van der Waals surface area (Å²) in [5.74, 6) is -2.27. The van der Waals surface area contributed by atoms with Gasteiger partial charge in [-0.05, 0) is 52.3 Å². The maximum Gasteiger partial charge on any atom is 0.348 e. The highest BCUT2D eigenvalue weighted by atomic mass is 35.5. The predicted octanol–water partition coefficient (Wildman–Crippen LogP) is 5.00. The lowest BCUT2D eigenvalue weighted by Gasteiger charge is -2.11. The van der Waals surface area contributed by atoms with Crippen molar-refractivity contribution >= 4 is 51.5 Å². The van der Waals surface area contributed by atoms with Gasteiger partial charge < -0.3 is 14.8 Å². The van der Waals surface area contributed by atoms with Gasteiger partial charge in [0.25, 0.3) is 11.6 Å². The number of nitrogens with one attached hydrogen (secondary N) is 1. The number of esters is 2. The first kappa shape index (κ1) is 24.3. The van der Waals surface area contributed by atoms with Gasteiger partial charge in [0.1, 0.15) is 15.4 Å². The van der Waals surface area contributed by atoms with E-state index in [1.165, 1.54) is 13.0 Å². The molecule has 0 spiro atoms. The number of nitro groups is 1. The number of carbonyl (C=O) groups excluding carboxylic acids is 3. The molecule has 1 N–H and O–H groups in total. The fraction of sp³-hybridized carbons (Fsp3) is 0.350. The zero-order valence-electron chi connectivity index (χ0n) is 17.5. The van der Waals surface area contributed by atoms with E-state index in [0.717, 1.165) is 23.5 Å². The van der Waals surface area contributed by atoms with Crippen LogP contribution in [0.5, 0.6) is 0 Å². The second kappa shape index (κ2) is 9.88. The first-order chi connectivity index (χ1) is 14.4. The molecule has 1 heterocycles. The quantitative estimate of drug-likeness (QED) is 0.344. The Kier molecular flexibility index (Phi) is 7.75. The smallest absolute Gasteiger partial charge is 0.348 e. The van der Waals surface area contributed by atoms with Gasteiger partial charge in [0.05, 0.1) is 22.7 Å². The van der Waals surface area contributed by atoms with Crippen molar-refractivity contribution in [3.8, 4) is 0 Å². The van der Waals surface area contributed by atoms with Gasteiger partial charge in [-0.2, -0.15) is 0 Å². The Morgan fingerprint density at radius 1 is 1.10 bits per heavy atom. The Morgan fingerprint density at radius 3 is 2.23 bits per heavy atom. The molecule has 0 aliphatic rings. The van der Waals surface area contributed by atoms with Crippen molar-refractivity contribution in [3.05, 3.63) is 54.9 Å². The maximum atomic E-state index is 12.8. The molecule has 0 bridgehead atoms.